The number of amides is 1. The number of nitrogens with one attached hydrogen (secondary N) is 1. The molecule has 0 aliphatic carbocycles. The van der Waals surface area contributed by atoms with Gasteiger partial charge in [-0.15, -0.1) is 21.5 Å². The number of aromatic nitrogens is 3. The second kappa shape index (κ2) is 9.13. The summed E-state index contributed by atoms with van der Waals surface area (Å²) in [4.78, 5) is 12.4. The van der Waals surface area contributed by atoms with Crippen LogP contribution in [0.5, 0.6) is 0 Å². The highest BCUT2D eigenvalue weighted by Crippen LogP contribution is 2.29. The Morgan fingerprint density at radius 1 is 1.13 bits per heavy atom. The van der Waals surface area contributed by atoms with E-state index in [2.05, 4.69) is 21.6 Å². The number of hydrogen-bond donors (Lipinski definition) is 1. The van der Waals surface area contributed by atoms with Gasteiger partial charge in [0.05, 0.1) is 11.3 Å². The number of anilines is 1. The second-order valence-electron chi connectivity index (χ2n) is 6.10. The first-order valence-corrected chi connectivity index (χ1v) is 11.1. The average Bonchev–Trinajstić information content (AvgIpc) is 3.40. The summed E-state index contributed by atoms with van der Waals surface area (Å²) in [6, 6.07) is 20.8. The van der Waals surface area contributed by atoms with E-state index in [9.17, 15) is 4.79 Å². The monoisotopic (exact) mass is 451 g/mol. The number of carbonyl (C=O) groups excluding carboxylic acids is 1. The van der Waals surface area contributed by atoms with Crippen LogP contribution in [0.25, 0.3) is 17.1 Å². The summed E-state index contributed by atoms with van der Waals surface area (Å²) < 4.78 is 1.90. The summed E-state index contributed by atoms with van der Waals surface area (Å²) in [6.07, 6.45) is 0. The van der Waals surface area contributed by atoms with Gasteiger partial charge in [-0.2, -0.15) is 5.26 Å². The lowest BCUT2D eigenvalue weighted by Gasteiger charge is -2.10. The molecule has 0 aliphatic rings. The number of benzene rings is 2. The summed E-state index contributed by atoms with van der Waals surface area (Å²) in [5.74, 6) is 0.584. The van der Waals surface area contributed by atoms with Crippen molar-refractivity contribution in [2.75, 3.05) is 11.1 Å². The first kappa shape index (κ1) is 20.2. The Hall–Kier alpha value is -3.12. The summed E-state index contributed by atoms with van der Waals surface area (Å²) in [5.41, 5.74) is 2.21. The van der Waals surface area contributed by atoms with Gasteiger partial charge in [0.15, 0.2) is 11.0 Å². The molecule has 0 saturated carbocycles. The summed E-state index contributed by atoms with van der Waals surface area (Å²) >= 11 is 8.63. The van der Waals surface area contributed by atoms with Crippen LogP contribution in [-0.2, 0) is 4.79 Å². The van der Waals surface area contributed by atoms with Gasteiger partial charge in [-0.05, 0) is 35.7 Å². The fraction of sp³-hybridized carbons (Fsp3) is 0.0476. The summed E-state index contributed by atoms with van der Waals surface area (Å²) in [6.45, 7) is 0. The first-order chi connectivity index (χ1) is 14.7. The predicted octanol–water partition coefficient (Wildman–Crippen LogP) is 5.25. The van der Waals surface area contributed by atoms with Gasteiger partial charge in [0.1, 0.15) is 11.1 Å². The molecule has 9 heteroatoms. The van der Waals surface area contributed by atoms with Crippen LogP contribution < -0.4 is 5.32 Å². The maximum absolute atomic E-state index is 12.4. The fourth-order valence-electron chi connectivity index (χ4n) is 2.75. The first-order valence-electron chi connectivity index (χ1n) is 8.82. The van der Waals surface area contributed by atoms with E-state index in [4.69, 9.17) is 16.9 Å². The van der Waals surface area contributed by atoms with Crippen molar-refractivity contribution in [1.82, 2.24) is 14.8 Å². The number of thiophene rings is 1. The van der Waals surface area contributed by atoms with E-state index >= 15 is 0 Å². The molecule has 0 spiro atoms. The summed E-state index contributed by atoms with van der Waals surface area (Å²) in [5, 5.41) is 24.1. The van der Waals surface area contributed by atoms with E-state index in [0.717, 1.165) is 11.3 Å². The number of nitrogens with zero attached hydrogens (tertiary/aromatic N) is 4. The Morgan fingerprint density at radius 3 is 2.63 bits per heavy atom. The van der Waals surface area contributed by atoms with Crippen molar-refractivity contribution in [2.45, 2.75) is 5.16 Å². The van der Waals surface area contributed by atoms with Gasteiger partial charge in [0.2, 0.25) is 5.91 Å². The van der Waals surface area contributed by atoms with Gasteiger partial charge in [0.25, 0.3) is 0 Å². The summed E-state index contributed by atoms with van der Waals surface area (Å²) in [7, 11) is 0. The molecule has 4 aromatic rings. The molecule has 1 N–H and O–H groups in total. The average molecular weight is 452 g/mol. The lowest BCUT2D eigenvalue weighted by molar-refractivity contribution is -0.113. The Morgan fingerprint density at radius 2 is 1.90 bits per heavy atom. The largest absolute Gasteiger partial charge is 0.316 e. The van der Waals surface area contributed by atoms with E-state index in [0.29, 0.717) is 26.6 Å². The smallest absolute Gasteiger partial charge is 0.235 e. The molecule has 0 bridgehead atoms. The molecule has 0 saturated heterocycles. The van der Waals surface area contributed by atoms with E-state index in [-0.39, 0.29) is 11.7 Å². The van der Waals surface area contributed by atoms with Crippen molar-refractivity contribution < 1.29 is 4.79 Å². The van der Waals surface area contributed by atoms with Crippen LogP contribution in [0, 0.1) is 11.3 Å². The van der Waals surface area contributed by atoms with Crippen LogP contribution >= 0.6 is 34.7 Å². The molecular formula is C21H14ClN5OS2. The third-order valence-corrected chi connectivity index (χ3v) is 6.13. The van der Waals surface area contributed by atoms with Gasteiger partial charge >= 0.3 is 0 Å². The lowest BCUT2D eigenvalue weighted by atomic mass is 10.2. The molecule has 30 heavy (non-hydrogen) atoms. The van der Waals surface area contributed by atoms with Gasteiger partial charge < -0.3 is 5.32 Å². The van der Waals surface area contributed by atoms with Crippen LogP contribution in [0.4, 0.5) is 5.00 Å². The standard InChI is InChI=1S/C21H14ClN5OS2/c22-16-6-8-17(9-7-16)27-19(14-4-2-1-3-5-14)25-26-21(27)30-13-18(28)24-20-15(12-23)10-11-29-20/h1-11H,13H2,(H,24,28). The highest BCUT2D eigenvalue weighted by Gasteiger charge is 2.18. The van der Waals surface area contributed by atoms with Crippen molar-refractivity contribution in [3.05, 3.63) is 76.6 Å². The zero-order chi connectivity index (χ0) is 20.9. The van der Waals surface area contributed by atoms with Gasteiger partial charge in [-0.25, -0.2) is 0 Å². The topological polar surface area (TPSA) is 83.6 Å². The van der Waals surface area contributed by atoms with E-state index < -0.39 is 0 Å². The molecule has 148 valence electrons. The van der Waals surface area contributed by atoms with Crippen LogP contribution in [-0.4, -0.2) is 26.4 Å². The minimum atomic E-state index is -0.217. The fourth-order valence-corrected chi connectivity index (χ4v) is 4.38. The molecule has 0 radical (unpaired) electrons. The van der Waals surface area contributed by atoms with Gasteiger partial charge in [-0.3, -0.25) is 9.36 Å². The highest BCUT2D eigenvalue weighted by atomic mass is 35.5. The van der Waals surface area contributed by atoms with Crippen molar-refractivity contribution in [3.63, 3.8) is 0 Å². The van der Waals surface area contributed by atoms with Crippen molar-refractivity contribution in [3.8, 4) is 23.1 Å². The normalized spacial score (nSPS) is 10.5. The van der Waals surface area contributed by atoms with E-state index in [1.165, 1.54) is 23.1 Å². The maximum atomic E-state index is 12.4. The molecule has 0 atom stereocenters. The third-order valence-electron chi connectivity index (χ3n) is 4.12. The van der Waals surface area contributed by atoms with Gasteiger partial charge in [-0.1, -0.05) is 53.7 Å². The van der Waals surface area contributed by atoms with Crippen LogP contribution in [0.3, 0.4) is 0 Å². The maximum Gasteiger partial charge on any atom is 0.235 e. The third kappa shape index (κ3) is 4.39. The second-order valence-corrected chi connectivity index (χ2v) is 8.39. The minimum Gasteiger partial charge on any atom is -0.316 e. The Labute approximate surface area is 186 Å². The molecule has 0 unspecified atom stereocenters. The molecule has 0 fully saturated rings. The molecule has 4 rings (SSSR count). The van der Waals surface area contributed by atoms with Crippen LogP contribution in [0.1, 0.15) is 5.56 Å². The molecule has 0 aliphatic heterocycles. The van der Waals surface area contributed by atoms with Crippen LogP contribution in [0.2, 0.25) is 5.02 Å². The lowest BCUT2D eigenvalue weighted by Crippen LogP contribution is -2.14. The molecule has 2 aromatic carbocycles. The number of thioether (sulfide) groups is 1. The van der Waals surface area contributed by atoms with Crippen molar-refractivity contribution in [2.24, 2.45) is 0 Å². The Kier molecular flexibility index (Phi) is 6.14. The zero-order valence-electron chi connectivity index (χ0n) is 15.4. The number of carbonyl (C=O) groups is 1. The molecular weight excluding hydrogens is 438 g/mol. The SMILES string of the molecule is N#Cc1ccsc1NC(=O)CSc1nnc(-c2ccccc2)n1-c1ccc(Cl)cc1. The number of halogens is 1. The highest BCUT2D eigenvalue weighted by molar-refractivity contribution is 7.99. The molecule has 6 nitrogen and oxygen atoms in total. The minimum absolute atomic E-state index is 0.128. The molecule has 1 amide bonds. The molecule has 2 heterocycles. The zero-order valence-corrected chi connectivity index (χ0v) is 17.8. The number of hydrogen-bond acceptors (Lipinski definition) is 6. The Balaban J connectivity index is 1.60. The van der Waals surface area contributed by atoms with Crippen molar-refractivity contribution >= 4 is 45.6 Å². The van der Waals surface area contributed by atoms with E-state index in [1.807, 2.05) is 47.0 Å². The predicted molar refractivity (Wildman–Crippen MR) is 120 cm³/mol. The van der Waals surface area contributed by atoms with Gasteiger partial charge in [0, 0.05) is 16.3 Å². The molecule has 2 aromatic heterocycles. The number of nitriles is 1. The van der Waals surface area contributed by atoms with Crippen LogP contribution in [0.15, 0.2) is 71.2 Å². The quantitative estimate of drug-likeness (QED) is 0.404. The van der Waals surface area contributed by atoms with Crippen molar-refractivity contribution in [1.29, 1.82) is 5.26 Å². The number of rotatable bonds is 6. The van der Waals surface area contributed by atoms with E-state index in [1.54, 1.807) is 23.6 Å². The Bertz CT molecular complexity index is 1210.